The van der Waals surface area contributed by atoms with E-state index < -0.39 is 0 Å². The van der Waals surface area contributed by atoms with Crippen molar-refractivity contribution < 1.29 is 0 Å². The van der Waals surface area contributed by atoms with Gasteiger partial charge < -0.3 is 5.32 Å². The van der Waals surface area contributed by atoms with E-state index in [0.29, 0.717) is 12.0 Å². The van der Waals surface area contributed by atoms with Crippen molar-refractivity contribution in [2.45, 2.75) is 51.6 Å². The zero-order valence-electron chi connectivity index (χ0n) is 9.82. The van der Waals surface area contributed by atoms with Crippen molar-refractivity contribution in [2.75, 3.05) is 0 Å². The summed E-state index contributed by atoms with van der Waals surface area (Å²) >= 11 is 0. The highest BCUT2D eigenvalue weighted by molar-refractivity contribution is 5.05. The van der Waals surface area contributed by atoms with Crippen molar-refractivity contribution in [3.63, 3.8) is 0 Å². The summed E-state index contributed by atoms with van der Waals surface area (Å²) in [5.74, 6) is 2.74. The van der Waals surface area contributed by atoms with Crippen molar-refractivity contribution in [1.82, 2.24) is 20.1 Å². The SMILES string of the molecule is CCC(C)NCc1nc(C2CC2)nn1C. The summed E-state index contributed by atoms with van der Waals surface area (Å²) in [7, 11) is 1.98. The number of aromatic nitrogens is 3. The van der Waals surface area contributed by atoms with Crippen molar-refractivity contribution >= 4 is 0 Å². The van der Waals surface area contributed by atoms with Crippen LogP contribution >= 0.6 is 0 Å². The fraction of sp³-hybridized carbons (Fsp3) is 0.818. The van der Waals surface area contributed by atoms with Gasteiger partial charge in [-0.25, -0.2) is 4.98 Å². The van der Waals surface area contributed by atoms with E-state index in [2.05, 4.69) is 29.2 Å². The molecule has 1 heterocycles. The Morgan fingerprint density at radius 2 is 2.27 bits per heavy atom. The fourth-order valence-electron chi connectivity index (χ4n) is 1.52. The van der Waals surface area contributed by atoms with E-state index in [0.717, 1.165) is 24.6 Å². The Bertz CT molecular complexity index is 327. The lowest BCUT2D eigenvalue weighted by Crippen LogP contribution is -2.26. The quantitative estimate of drug-likeness (QED) is 0.799. The summed E-state index contributed by atoms with van der Waals surface area (Å²) in [6.45, 7) is 5.20. The van der Waals surface area contributed by atoms with Gasteiger partial charge in [0.25, 0.3) is 0 Å². The summed E-state index contributed by atoms with van der Waals surface area (Å²) in [5, 5.41) is 7.88. The first kappa shape index (κ1) is 10.6. The molecule has 0 bridgehead atoms. The molecule has 84 valence electrons. The molecule has 1 fully saturated rings. The lowest BCUT2D eigenvalue weighted by atomic mass is 10.2. The van der Waals surface area contributed by atoms with E-state index in [1.54, 1.807) is 0 Å². The summed E-state index contributed by atoms with van der Waals surface area (Å²) < 4.78 is 1.91. The molecule has 2 rings (SSSR count). The van der Waals surface area contributed by atoms with Crippen molar-refractivity contribution in [2.24, 2.45) is 7.05 Å². The molecular weight excluding hydrogens is 188 g/mol. The average Bonchev–Trinajstić information content (AvgIpc) is 3.00. The first-order valence-electron chi connectivity index (χ1n) is 5.84. The van der Waals surface area contributed by atoms with Crippen LogP contribution < -0.4 is 5.32 Å². The van der Waals surface area contributed by atoms with E-state index >= 15 is 0 Å². The molecule has 0 spiro atoms. The van der Waals surface area contributed by atoms with E-state index in [9.17, 15) is 0 Å². The zero-order chi connectivity index (χ0) is 10.8. The minimum atomic E-state index is 0.547. The summed E-state index contributed by atoms with van der Waals surface area (Å²) in [6, 6.07) is 0.547. The van der Waals surface area contributed by atoms with Crippen molar-refractivity contribution in [3.05, 3.63) is 11.6 Å². The molecule has 1 atom stereocenters. The Balaban J connectivity index is 1.95. The number of nitrogens with one attached hydrogen (secondary N) is 1. The molecule has 1 saturated carbocycles. The molecule has 4 nitrogen and oxygen atoms in total. The molecule has 1 aromatic heterocycles. The molecule has 1 aliphatic carbocycles. The van der Waals surface area contributed by atoms with E-state index in [4.69, 9.17) is 0 Å². The molecule has 0 aliphatic heterocycles. The number of rotatable bonds is 5. The average molecular weight is 208 g/mol. The molecule has 1 N–H and O–H groups in total. The third kappa shape index (κ3) is 2.56. The smallest absolute Gasteiger partial charge is 0.154 e. The van der Waals surface area contributed by atoms with Crippen LogP contribution in [0.15, 0.2) is 0 Å². The molecular formula is C11H20N4. The Labute approximate surface area is 91.1 Å². The van der Waals surface area contributed by atoms with Gasteiger partial charge in [0.2, 0.25) is 0 Å². The normalized spacial score (nSPS) is 18.1. The molecule has 0 amide bonds. The van der Waals surface area contributed by atoms with Gasteiger partial charge in [0.1, 0.15) is 5.82 Å². The van der Waals surface area contributed by atoms with Crippen LogP contribution in [0.2, 0.25) is 0 Å². The fourth-order valence-corrected chi connectivity index (χ4v) is 1.52. The van der Waals surface area contributed by atoms with E-state index in [1.807, 2.05) is 11.7 Å². The highest BCUT2D eigenvalue weighted by atomic mass is 15.3. The van der Waals surface area contributed by atoms with E-state index in [1.165, 1.54) is 12.8 Å². The monoisotopic (exact) mass is 208 g/mol. The van der Waals surface area contributed by atoms with Crippen LogP contribution in [-0.2, 0) is 13.6 Å². The maximum Gasteiger partial charge on any atom is 0.154 e. The van der Waals surface area contributed by atoms with Gasteiger partial charge in [0.15, 0.2) is 5.82 Å². The second-order valence-electron chi connectivity index (χ2n) is 4.47. The molecule has 1 aromatic rings. The Morgan fingerprint density at radius 3 is 2.87 bits per heavy atom. The zero-order valence-corrected chi connectivity index (χ0v) is 9.82. The van der Waals surface area contributed by atoms with Crippen LogP contribution in [0, 0.1) is 0 Å². The lowest BCUT2D eigenvalue weighted by molar-refractivity contribution is 0.510. The maximum absolute atomic E-state index is 4.57. The van der Waals surface area contributed by atoms with Crippen molar-refractivity contribution in [3.8, 4) is 0 Å². The predicted octanol–water partition coefficient (Wildman–Crippen LogP) is 1.58. The van der Waals surface area contributed by atoms with Gasteiger partial charge >= 0.3 is 0 Å². The lowest BCUT2D eigenvalue weighted by Gasteiger charge is -2.09. The standard InChI is InChI=1S/C11H20N4/c1-4-8(2)12-7-10-13-11(9-5-6-9)14-15(10)3/h8-9,12H,4-7H2,1-3H3. The highest BCUT2D eigenvalue weighted by Crippen LogP contribution is 2.37. The van der Waals surface area contributed by atoms with Gasteiger partial charge in [-0.05, 0) is 26.2 Å². The van der Waals surface area contributed by atoms with Gasteiger partial charge in [-0.15, -0.1) is 0 Å². The predicted molar refractivity (Wildman–Crippen MR) is 59.6 cm³/mol. The molecule has 1 aliphatic rings. The first-order valence-corrected chi connectivity index (χ1v) is 5.84. The third-order valence-electron chi connectivity index (χ3n) is 3.03. The van der Waals surface area contributed by atoms with E-state index in [-0.39, 0.29) is 0 Å². The van der Waals surface area contributed by atoms with Gasteiger partial charge in [0.05, 0.1) is 6.54 Å². The van der Waals surface area contributed by atoms with Gasteiger partial charge in [-0.2, -0.15) is 5.10 Å². The van der Waals surface area contributed by atoms with Crippen LogP contribution in [0.4, 0.5) is 0 Å². The van der Waals surface area contributed by atoms with Crippen LogP contribution in [-0.4, -0.2) is 20.8 Å². The number of hydrogen-bond acceptors (Lipinski definition) is 3. The summed E-state index contributed by atoms with van der Waals surface area (Å²) in [4.78, 5) is 4.57. The van der Waals surface area contributed by atoms with Crippen molar-refractivity contribution in [1.29, 1.82) is 0 Å². The van der Waals surface area contributed by atoms with Gasteiger partial charge in [-0.1, -0.05) is 6.92 Å². The second kappa shape index (κ2) is 4.31. The number of aryl methyl sites for hydroxylation is 1. The van der Waals surface area contributed by atoms with Crippen LogP contribution in [0.25, 0.3) is 0 Å². The summed E-state index contributed by atoms with van der Waals surface area (Å²) in [6.07, 6.45) is 3.68. The maximum atomic E-state index is 4.57. The molecule has 0 radical (unpaired) electrons. The Hall–Kier alpha value is -0.900. The molecule has 1 unspecified atom stereocenters. The van der Waals surface area contributed by atoms with Crippen LogP contribution in [0.1, 0.15) is 50.7 Å². The number of nitrogens with zero attached hydrogens (tertiary/aromatic N) is 3. The van der Waals surface area contributed by atoms with Crippen LogP contribution in [0.3, 0.4) is 0 Å². The molecule has 0 aromatic carbocycles. The second-order valence-corrected chi connectivity index (χ2v) is 4.47. The number of hydrogen-bond donors (Lipinski definition) is 1. The van der Waals surface area contributed by atoms with Gasteiger partial charge in [-0.3, -0.25) is 4.68 Å². The third-order valence-corrected chi connectivity index (χ3v) is 3.03. The van der Waals surface area contributed by atoms with Gasteiger partial charge in [0, 0.05) is 19.0 Å². The Morgan fingerprint density at radius 1 is 1.53 bits per heavy atom. The minimum Gasteiger partial charge on any atom is -0.307 e. The minimum absolute atomic E-state index is 0.547. The summed E-state index contributed by atoms with van der Waals surface area (Å²) in [5.41, 5.74) is 0. The first-order chi connectivity index (χ1) is 7.20. The highest BCUT2D eigenvalue weighted by Gasteiger charge is 2.28. The molecule has 0 saturated heterocycles. The Kier molecular flexibility index (Phi) is 3.05. The van der Waals surface area contributed by atoms with Crippen LogP contribution in [0.5, 0.6) is 0 Å². The molecule has 15 heavy (non-hydrogen) atoms. The largest absolute Gasteiger partial charge is 0.307 e. The molecule has 4 heteroatoms. The topological polar surface area (TPSA) is 42.7 Å².